The number of aryl methyl sites for hydroxylation is 1. The molecule has 0 saturated heterocycles. The standard InChI is InChI=1S/C10H12F2N2O2/c1-6-5-7(10(2,13)9(11)12)3-4-8(6)14(15)16/h3-5,9H,13H2,1-2H3. The second kappa shape index (κ2) is 4.13. The van der Waals surface area contributed by atoms with Gasteiger partial charge in [0, 0.05) is 11.6 Å². The number of hydrogen-bond acceptors (Lipinski definition) is 3. The van der Waals surface area contributed by atoms with Crippen molar-refractivity contribution >= 4 is 5.69 Å². The highest BCUT2D eigenvalue weighted by Gasteiger charge is 2.33. The molecule has 88 valence electrons. The van der Waals surface area contributed by atoms with Gasteiger partial charge in [-0.2, -0.15) is 0 Å². The van der Waals surface area contributed by atoms with E-state index in [4.69, 9.17) is 5.73 Å². The SMILES string of the molecule is Cc1cc(C(C)(N)C(F)F)ccc1[N+](=O)[O-]. The van der Waals surface area contributed by atoms with Crippen LogP contribution in [-0.2, 0) is 5.54 Å². The zero-order chi connectivity index (χ0) is 12.5. The first kappa shape index (κ1) is 12.5. The monoisotopic (exact) mass is 230 g/mol. The number of nitrogens with zero attached hydrogens (tertiary/aromatic N) is 1. The minimum absolute atomic E-state index is 0.103. The summed E-state index contributed by atoms with van der Waals surface area (Å²) in [7, 11) is 0. The van der Waals surface area contributed by atoms with E-state index in [-0.39, 0.29) is 11.3 Å². The van der Waals surface area contributed by atoms with Gasteiger partial charge in [0.05, 0.1) is 10.5 Å². The summed E-state index contributed by atoms with van der Waals surface area (Å²) in [5, 5.41) is 10.5. The van der Waals surface area contributed by atoms with Crippen molar-refractivity contribution in [3.63, 3.8) is 0 Å². The van der Waals surface area contributed by atoms with Crippen LogP contribution in [0.4, 0.5) is 14.5 Å². The number of nitro groups is 1. The summed E-state index contributed by atoms with van der Waals surface area (Å²) in [6.07, 6.45) is -2.73. The minimum atomic E-state index is -2.73. The largest absolute Gasteiger partial charge is 0.317 e. The Hall–Kier alpha value is -1.56. The maximum Gasteiger partial charge on any atom is 0.272 e. The highest BCUT2D eigenvalue weighted by Crippen LogP contribution is 2.28. The van der Waals surface area contributed by atoms with Gasteiger partial charge in [0.15, 0.2) is 0 Å². The van der Waals surface area contributed by atoms with Crippen LogP contribution in [-0.4, -0.2) is 11.3 Å². The Bertz CT molecular complexity index is 419. The van der Waals surface area contributed by atoms with Crippen LogP contribution in [0.2, 0.25) is 0 Å². The first-order chi connectivity index (χ1) is 7.26. The van der Waals surface area contributed by atoms with E-state index >= 15 is 0 Å². The fourth-order valence-corrected chi connectivity index (χ4v) is 1.32. The molecular formula is C10H12F2N2O2. The quantitative estimate of drug-likeness (QED) is 0.640. The van der Waals surface area contributed by atoms with Crippen LogP contribution in [0.3, 0.4) is 0 Å². The molecule has 0 saturated carbocycles. The van der Waals surface area contributed by atoms with Crippen LogP contribution >= 0.6 is 0 Å². The average molecular weight is 230 g/mol. The Morgan fingerprint density at radius 3 is 2.44 bits per heavy atom. The van der Waals surface area contributed by atoms with Crippen molar-refractivity contribution in [2.45, 2.75) is 25.8 Å². The molecule has 1 atom stereocenters. The van der Waals surface area contributed by atoms with Crippen LogP contribution in [0.5, 0.6) is 0 Å². The van der Waals surface area contributed by atoms with Gasteiger partial charge >= 0.3 is 0 Å². The lowest BCUT2D eigenvalue weighted by atomic mass is 9.92. The fraction of sp³-hybridized carbons (Fsp3) is 0.400. The van der Waals surface area contributed by atoms with Crippen LogP contribution < -0.4 is 5.73 Å². The predicted molar refractivity (Wildman–Crippen MR) is 55.4 cm³/mol. The number of nitrogens with two attached hydrogens (primary N) is 1. The number of rotatable bonds is 3. The molecule has 1 aromatic carbocycles. The number of halogens is 2. The van der Waals surface area contributed by atoms with Gasteiger partial charge in [-0.05, 0) is 25.5 Å². The summed E-state index contributed by atoms with van der Waals surface area (Å²) >= 11 is 0. The van der Waals surface area contributed by atoms with Crippen molar-refractivity contribution < 1.29 is 13.7 Å². The molecule has 6 heteroatoms. The number of benzene rings is 1. The van der Waals surface area contributed by atoms with Crippen molar-refractivity contribution in [1.29, 1.82) is 0 Å². The highest BCUT2D eigenvalue weighted by molar-refractivity contribution is 5.43. The van der Waals surface area contributed by atoms with Crippen molar-refractivity contribution in [1.82, 2.24) is 0 Å². The van der Waals surface area contributed by atoms with E-state index in [1.165, 1.54) is 32.0 Å². The van der Waals surface area contributed by atoms with E-state index < -0.39 is 16.9 Å². The van der Waals surface area contributed by atoms with Gasteiger partial charge in [0.25, 0.3) is 12.1 Å². The molecule has 4 nitrogen and oxygen atoms in total. The summed E-state index contributed by atoms with van der Waals surface area (Å²) in [6, 6.07) is 3.78. The Morgan fingerprint density at radius 2 is 2.06 bits per heavy atom. The van der Waals surface area contributed by atoms with Gasteiger partial charge in [-0.3, -0.25) is 10.1 Å². The predicted octanol–water partition coefficient (Wildman–Crippen LogP) is 2.34. The summed E-state index contributed by atoms with van der Waals surface area (Å²) in [4.78, 5) is 9.98. The van der Waals surface area contributed by atoms with Gasteiger partial charge in [0.2, 0.25) is 0 Å². The zero-order valence-corrected chi connectivity index (χ0v) is 8.91. The van der Waals surface area contributed by atoms with E-state index in [1.807, 2.05) is 0 Å². The average Bonchev–Trinajstić information content (AvgIpc) is 2.16. The fourth-order valence-electron chi connectivity index (χ4n) is 1.32. The molecule has 1 unspecified atom stereocenters. The van der Waals surface area contributed by atoms with Crippen LogP contribution in [0.1, 0.15) is 18.1 Å². The Balaban J connectivity index is 3.21. The van der Waals surface area contributed by atoms with Gasteiger partial charge in [-0.15, -0.1) is 0 Å². The smallest absolute Gasteiger partial charge is 0.272 e. The summed E-state index contributed by atoms with van der Waals surface area (Å²) in [5.41, 5.74) is 4.07. The lowest BCUT2D eigenvalue weighted by molar-refractivity contribution is -0.385. The molecule has 0 aliphatic heterocycles. The third-order valence-corrected chi connectivity index (χ3v) is 2.47. The van der Waals surface area contributed by atoms with E-state index in [9.17, 15) is 18.9 Å². The molecular weight excluding hydrogens is 218 g/mol. The lowest BCUT2D eigenvalue weighted by Crippen LogP contribution is -2.40. The normalized spacial score (nSPS) is 14.9. The highest BCUT2D eigenvalue weighted by atomic mass is 19.3. The second-order valence-corrected chi connectivity index (χ2v) is 3.84. The number of nitro benzene ring substituents is 1. The maximum atomic E-state index is 12.6. The van der Waals surface area contributed by atoms with Crippen molar-refractivity contribution in [2.24, 2.45) is 5.73 Å². The Kier molecular flexibility index (Phi) is 3.23. The molecule has 2 N–H and O–H groups in total. The Morgan fingerprint density at radius 1 is 1.50 bits per heavy atom. The third kappa shape index (κ3) is 2.16. The maximum absolute atomic E-state index is 12.6. The molecule has 0 bridgehead atoms. The first-order valence-corrected chi connectivity index (χ1v) is 4.59. The van der Waals surface area contributed by atoms with E-state index in [2.05, 4.69) is 0 Å². The van der Waals surface area contributed by atoms with Crippen molar-refractivity contribution in [3.8, 4) is 0 Å². The van der Waals surface area contributed by atoms with Gasteiger partial charge in [-0.1, -0.05) is 6.07 Å². The molecule has 0 radical (unpaired) electrons. The van der Waals surface area contributed by atoms with Crippen molar-refractivity contribution in [2.75, 3.05) is 0 Å². The zero-order valence-electron chi connectivity index (χ0n) is 8.91. The molecule has 0 amide bonds. The third-order valence-electron chi connectivity index (χ3n) is 2.47. The van der Waals surface area contributed by atoms with Gasteiger partial charge in [-0.25, -0.2) is 8.78 Å². The lowest BCUT2D eigenvalue weighted by Gasteiger charge is -2.24. The minimum Gasteiger partial charge on any atom is -0.317 e. The molecule has 0 heterocycles. The molecule has 0 aliphatic rings. The van der Waals surface area contributed by atoms with Crippen LogP contribution in [0.25, 0.3) is 0 Å². The number of hydrogen-bond donors (Lipinski definition) is 1. The van der Waals surface area contributed by atoms with Gasteiger partial charge in [0.1, 0.15) is 0 Å². The molecule has 0 fully saturated rings. The molecule has 1 rings (SSSR count). The summed E-state index contributed by atoms with van der Waals surface area (Å²) in [5.74, 6) is 0. The van der Waals surface area contributed by atoms with E-state index in [1.54, 1.807) is 0 Å². The van der Waals surface area contributed by atoms with Crippen LogP contribution in [0, 0.1) is 17.0 Å². The molecule has 1 aromatic rings. The molecule has 0 spiro atoms. The Labute approximate surface area is 91.2 Å². The van der Waals surface area contributed by atoms with Crippen molar-refractivity contribution in [3.05, 3.63) is 39.4 Å². The topological polar surface area (TPSA) is 69.2 Å². The summed E-state index contributed by atoms with van der Waals surface area (Å²) < 4.78 is 25.3. The second-order valence-electron chi connectivity index (χ2n) is 3.84. The first-order valence-electron chi connectivity index (χ1n) is 4.59. The number of alkyl halides is 2. The molecule has 0 aromatic heterocycles. The van der Waals surface area contributed by atoms with E-state index in [0.29, 0.717) is 5.56 Å². The van der Waals surface area contributed by atoms with Gasteiger partial charge < -0.3 is 5.73 Å². The van der Waals surface area contributed by atoms with Crippen LogP contribution in [0.15, 0.2) is 18.2 Å². The summed E-state index contributed by atoms with van der Waals surface area (Å²) in [6.45, 7) is 2.68. The molecule has 16 heavy (non-hydrogen) atoms. The van der Waals surface area contributed by atoms with E-state index in [0.717, 1.165) is 0 Å². The molecule has 0 aliphatic carbocycles.